The molecule has 0 spiro atoms. The lowest BCUT2D eigenvalue weighted by atomic mass is 10.0. The summed E-state index contributed by atoms with van der Waals surface area (Å²) in [6.07, 6.45) is 5.19. The second-order valence-electron chi connectivity index (χ2n) is 17.7. The van der Waals surface area contributed by atoms with Gasteiger partial charge in [0.15, 0.2) is 5.13 Å². The molecule has 5 heterocycles. The highest BCUT2D eigenvalue weighted by atomic mass is 32.1. The summed E-state index contributed by atoms with van der Waals surface area (Å²) in [6, 6.07) is 21.0. The number of fused-ring (bicyclic) bond motifs is 1. The normalized spacial score (nSPS) is 17.2. The van der Waals surface area contributed by atoms with Gasteiger partial charge in [0, 0.05) is 66.5 Å². The van der Waals surface area contributed by atoms with Crippen LogP contribution in [-0.4, -0.2) is 112 Å². The number of anilines is 1. The fourth-order valence-corrected chi connectivity index (χ4v) is 8.81. The number of likely N-dealkylation sites (tertiary alicyclic amines) is 1. The number of amides is 7. The molecule has 2 saturated heterocycles. The van der Waals surface area contributed by atoms with Crippen molar-refractivity contribution in [3.63, 3.8) is 0 Å². The number of nitrogens with one attached hydrogen (secondary N) is 4. The van der Waals surface area contributed by atoms with Crippen LogP contribution in [0.1, 0.15) is 93.4 Å². The number of carbonyl (C=O) groups is 7. The third-order valence-corrected chi connectivity index (χ3v) is 12.7. The number of nitrogens with zero attached hydrogens (tertiary/aromatic N) is 4. The van der Waals surface area contributed by atoms with E-state index in [9.17, 15) is 33.6 Å². The highest BCUT2D eigenvalue weighted by Gasteiger charge is 2.44. The number of aromatic nitrogens is 2. The molecule has 3 aliphatic rings. The van der Waals surface area contributed by atoms with Crippen molar-refractivity contribution in [2.45, 2.75) is 76.7 Å². The van der Waals surface area contributed by atoms with Crippen molar-refractivity contribution in [2.24, 2.45) is 0 Å². The number of imide groups is 2. The summed E-state index contributed by atoms with van der Waals surface area (Å²) in [5, 5.41) is 13.3. The van der Waals surface area contributed by atoms with Crippen molar-refractivity contribution in [1.29, 1.82) is 0 Å². The van der Waals surface area contributed by atoms with E-state index in [2.05, 4.69) is 31.2 Å². The highest BCUT2D eigenvalue weighted by Crippen LogP contribution is 2.31. The Bertz CT molecular complexity index is 2670. The Kier molecular flexibility index (Phi) is 14.0. The van der Waals surface area contributed by atoms with Crippen LogP contribution in [-0.2, 0) is 31.3 Å². The van der Waals surface area contributed by atoms with Gasteiger partial charge in [0.2, 0.25) is 11.8 Å². The number of piperidine rings is 2. The van der Waals surface area contributed by atoms with Gasteiger partial charge >= 0.3 is 0 Å². The molecule has 17 nitrogen and oxygen atoms in total. The first-order valence-corrected chi connectivity index (χ1v) is 23.1. The molecule has 3 aliphatic heterocycles. The molecule has 3 aromatic carbocycles. The SMILES string of the molecule is CC(C)(C)n1ccc(C(=O)NC(COCc2ccc(C(=O)NC3CCN(CCOc4ccc5c(c4)C(=O)N(C4CCC(=O)NC4=O)C5=O)CC3)cc2)C(=O)Nc2nc(-c3ccccc3)cs2)c1. The summed E-state index contributed by atoms with van der Waals surface area (Å²) >= 11 is 1.29. The molecule has 5 aromatic rings. The van der Waals surface area contributed by atoms with E-state index in [0.717, 1.165) is 47.7 Å². The van der Waals surface area contributed by atoms with Gasteiger partial charge in [-0.3, -0.25) is 48.7 Å². The fourth-order valence-electron chi connectivity index (χ4n) is 8.09. The fraction of sp³-hybridized carbons (Fsp3) is 0.347. The van der Waals surface area contributed by atoms with E-state index in [-0.39, 0.29) is 54.7 Å². The minimum absolute atomic E-state index is 0.0140. The van der Waals surface area contributed by atoms with Crippen molar-refractivity contribution in [3.8, 4) is 17.0 Å². The molecule has 2 unspecified atom stereocenters. The molecule has 67 heavy (non-hydrogen) atoms. The maximum Gasteiger partial charge on any atom is 0.262 e. The maximum absolute atomic E-state index is 13.6. The molecule has 2 atom stereocenters. The first-order chi connectivity index (χ1) is 32.2. The van der Waals surface area contributed by atoms with Gasteiger partial charge in [-0.05, 0) is 82.0 Å². The molecular weight excluding hydrogens is 877 g/mol. The van der Waals surface area contributed by atoms with Gasteiger partial charge < -0.3 is 30.0 Å². The number of hydrogen-bond donors (Lipinski definition) is 4. The quantitative estimate of drug-likeness (QED) is 0.0969. The van der Waals surface area contributed by atoms with Crippen molar-refractivity contribution in [3.05, 3.63) is 124 Å². The Morgan fingerprint density at radius 2 is 1.63 bits per heavy atom. The smallest absolute Gasteiger partial charge is 0.262 e. The molecule has 7 amide bonds. The third-order valence-electron chi connectivity index (χ3n) is 11.9. The lowest BCUT2D eigenvalue weighted by molar-refractivity contribution is -0.136. The second-order valence-corrected chi connectivity index (χ2v) is 18.6. The minimum Gasteiger partial charge on any atom is -0.492 e. The third kappa shape index (κ3) is 11.2. The van der Waals surface area contributed by atoms with Crippen LogP contribution in [0.25, 0.3) is 11.3 Å². The number of benzene rings is 3. The Balaban J connectivity index is 0.782. The summed E-state index contributed by atoms with van der Waals surface area (Å²) < 4.78 is 13.9. The summed E-state index contributed by atoms with van der Waals surface area (Å²) in [7, 11) is 0. The van der Waals surface area contributed by atoms with Crippen molar-refractivity contribution >= 4 is 57.8 Å². The zero-order valence-electron chi connectivity index (χ0n) is 37.4. The molecule has 0 bridgehead atoms. The molecule has 2 aromatic heterocycles. The predicted molar refractivity (Wildman–Crippen MR) is 248 cm³/mol. The van der Waals surface area contributed by atoms with E-state index in [1.807, 2.05) is 67.2 Å². The molecular formula is C49H52N8O9S. The topological polar surface area (TPSA) is 210 Å². The van der Waals surface area contributed by atoms with Crippen LogP contribution < -0.4 is 26.0 Å². The summed E-state index contributed by atoms with van der Waals surface area (Å²) in [4.78, 5) is 98.1. The first kappa shape index (κ1) is 46.5. The van der Waals surface area contributed by atoms with E-state index in [0.29, 0.717) is 35.2 Å². The maximum atomic E-state index is 13.6. The van der Waals surface area contributed by atoms with E-state index in [4.69, 9.17) is 9.47 Å². The van der Waals surface area contributed by atoms with E-state index in [1.165, 1.54) is 23.5 Å². The van der Waals surface area contributed by atoms with Crippen molar-refractivity contribution in [2.75, 3.05) is 38.2 Å². The standard InChI is InChI=1S/C49H52N8O9S/c1-49(2,3)56-22-17-33(26-56)43(60)51-38(44(61)54-48-52-39(29-67-48)31-7-5-4-6-8-31)28-65-27-30-9-11-32(12-10-30)42(59)50-34-18-20-55(21-19-34)23-24-66-35-13-14-36-37(25-35)47(64)57(46(36)63)40-15-16-41(58)53-45(40)62/h4-14,17,22,25-26,29,34,38,40H,15-16,18-21,23-24,27-28H2,1-3H3,(H,50,59)(H,51,60)(H,52,54,61)(H,53,58,62). The van der Waals surface area contributed by atoms with Gasteiger partial charge in [-0.15, -0.1) is 11.3 Å². The van der Waals surface area contributed by atoms with Crippen LogP contribution in [0.15, 0.2) is 96.6 Å². The number of carbonyl (C=O) groups excluding carboxylic acids is 7. The Morgan fingerprint density at radius 1 is 0.881 bits per heavy atom. The van der Waals surface area contributed by atoms with E-state index >= 15 is 0 Å². The van der Waals surface area contributed by atoms with Gasteiger partial charge in [-0.2, -0.15) is 0 Å². The largest absolute Gasteiger partial charge is 0.492 e. The number of thiazole rings is 1. The number of rotatable bonds is 16. The van der Waals surface area contributed by atoms with Gasteiger partial charge in [0.25, 0.3) is 29.5 Å². The molecule has 348 valence electrons. The zero-order chi connectivity index (χ0) is 47.2. The number of ether oxygens (including phenoxy) is 2. The lowest BCUT2D eigenvalue weighted by Gasteiger charge is -2.32. The van der Waals surface area contributed by atoms with Gasteiger partial charge in [0.1, 0.15) is 24.4 Å². The Morgan fingerprint density at radius 3 is 2.34 bits per heavy atom. The Hall–Kier alpha value is -7.02. The van der Waals surface area contributed by atoms with Gasteiger partial charge in [-0.25, -0.2) is 4.98 Å². The summed E-state index contributed by atoms with van der Waals surface area (Å²) in [5.74, 6) is -2.90. The van der Waals surface area contributed by atoms with Crippen molar-refractivity contribution < 1.29 is 43.0 Å². The van der Waals surface area contributed by atoms with Gasteiger partial charge in [-0.1, -0.05) is 42.5 Å². The lowest BCUT2D eigenvalue weighted by Crippen LogP contribution is -2.54. The molecule has 8 rings (SSSR count). The van der Waals surface area contributed by atoms with Crippen LogP contribution in [0.2, 0.25) is 0 Å². The predicted octanol–water partition coefficient (Wildman–Crippen LogP) is 4.99. The second kappa shape index (κ2) is 20.2. The molecule has 18 heteroatoms. The molecule has 4 N–H and O–H groups in total. The summed E-state index contributed by atoms with van der Waals surface area (Å²) in [5.41, 5.74) is 3.45. The van der Waals surface area contributed by atoms with Crippen LogP contribution in [0.3, 0.4) is 0 Å². The van der Waals surface area contributed by atoms with Crippen molar-refractivity contribution in [1.82, 2.24) is 35.3 Å². The first-order valence-electron chi connectivity index (χ1n) is 22.2. The average molecular weight is 929 g/mol. The highest BCUT2D eigenvalue weighted by molar-refractivity contribution is 7.14. The van der Waals surface area contributed by atoms with Crippen LogP contribution in [0.4, 0.5) is 5.13 Å². The minimum atomic E-state index is -1.04. The van der Waals surface area contributed by atoms with E-state index in [1.54, 1.807) is 42.6 Å². The van der Waals surface area contributed by atoms with Crippen LogP contribution >= 0.6 is 11.3 Å². The molecule has 0 radical (unpaired) electrons. The monoisotopic (exact) mass is 928 g/mol. The molecule has 0 aliphatic carbocycles. The van der Waals surface area contributed by atoms with Crippen LogP contribution in [0, 0.1) is 0 Å². The molecule has 2 fully saturated rings. The van der Waals surface area contributed by atoms with E-state index < -0.39 is 47.5 Å². The zero-order valence-corrected chi connectivity index (χ0v) is 38.2. The van der Waals surface area contributed by atoms with Crippen LogP contribution in [0.5, 0.6) is 5.75 Å². The molecule has 0 saturated carbocycles. The van der Waals surface area contributed by atoms with Gasteiger partial charge in [0.05, 0.1) is 35.6 Å². The Labute approximate surface area is 391 Å². The average Bonchev–Trinajstić information content (AvgIpc) is 4.07. The summed E-state index contributed by atoms with van der Waals surface area (Å²) in [6.45, 7) is 8.53. The number of hydrogen-bond acceptors (Lipinski definition) is 12.